The summed E-state index contributed by atoms with van der Waals surface area (Å²) >= 11 is 0. The number of aromatic nitrogens is 1. The van der Waals surface area contributed by atoms with Crippen LogP contribution >= 0.6 is 0 Å². The average Bonchev–Trinajstić information content (AvgIpc) is 3.13. The van der Waals surface area contributed by atoms with E-state index in [1.807, 2.05) is 6.20 Å². The van der Waals surface area contributed by atoms with Crippen LogP contribution in [0.25, 0.3) is 10.9 Å². The molecule has 2 atom stereocenters. The van der Waals surface area contributed by atoms with Crippen molar-refractivity contribution in [3.63, 3.8) is 0 Å². The van der Waals surface area contributed by atoms with E-state index in [-0.39, 0.29) is 11.8 Å². The fraction of sp³-hybridized carbons (Fsp3) is 0.500. The van der Waals surface area contributed by atoms with Crippen molar-refractivity contribution in [2.45, 2.75) is 45.1 Å². The van der Waals surface area contributed by atoms with Crippen LogP contribution in [-0.2, 0) is 17.6 Å². The van der Waals surface area contributed by atoms with Crippen LogP contribution < -0.4 is 5.32 Å². The van der Waals surface area contributed by atoms with Gasteiger partial charge in [-0.15, -0.1) is 0 Å². The van der Waals surface area contributed by atoms with E-state index in [0.29, 0.717) is 6.54 Å². The SMILES string of the molecule is CCc1cccc2c(CCNC(=O)C3CCCC3O)c[nH]c12. The Kier molecular flexibility index (Phi) is 4.48. The van der Waals surface area contributed by atoms with E-state index < -0.39 is 6.10 Å². The number of H-pyrrole nitrogens is 1. The number of aliphatic hydroxyl groups is 1. The van der Waals surface area contributed by atoms with Crippen LogP contribution in [0.2, 0.25) is 0 Å². The molecule has 2 aromatic rings. The van der Waals surface area contributed by atoms with E-state index in [1.54, 1.807) is 0 Å². The molecule has 4 nitrogen and oxygen atoms in total. The summed E-state index contributed by atoms with van der Waals surface area (Å²) in [5, 5.41) is 14.0. The number of para-hydroxylation sites is 1. The quantitative estimate of drug-likeness (QED) is 0.794. The number of hydrogen-bond acceptors (Lipinski definition) is 2. The summed E-state index contributed by atoms with van der Waals surface area (Å²) in [6.07, 6.45) is 5.90. The highest BCUT2D eigenvalue weighted by molar-refractivity contribution is 5.86. The van der Waals surface area contributed by atoms with Crippen LogP contribution in [0.5, 0.6) is 0 Å². The number of rotatable bonds is 5. The maximum atomic E-state index is 12.1. The van der Waals surface area contributed by atoms with Crippen molar-refractivity contribution in [3.05, 3.63) is 35.5 Å². The van der Waals surface area contributed by atoms with Crippen molar-refractivity contribution in [2.24, 2.45) is 5.92 Å². The van der Waals surface area contributed by atoms with Gasteiger partial charge in [0.15, 0.2) is 0 Å². The van der Waals surface area contributed by atoms with Crippen LogP contribution in [0, 0.1) is 5.92 Å². The molecule has 1 fully saturated rings. The molecule has 1 aliphatic carbocycles. The number of carbonyl (C=O) groups excluding carboxylic acids is 1. The Morgan fingerprint density at radius 2 is 2.23 bits per heavy atom. The van der Waals surface area contributed by atoms with Gasteiger partial charge >= 0.3 is 0 Å². The van der Waals surface area contributed by atoms with Crippen LogP contribution in [0.15, 0.2) is 24.4 Å². The van der Waals surface area contributed by atoms with Crippen molar-refractivity contribution in [3.8, 4) is 0 Å². The third-order valence-corrected chi connectivity index (χ3v) is 4.78. The Labute approximate surface area is 130 Å². The van der Waals surface area contributed by atoms with Gasteiger partial charge in [0.2, 0.25) is 5.91 Å². The van der Waals surface area contributed by atoms with Crippen molar-refractivity contribution >= 4 is 16.8 Å². The molecule has 0 saturated heterocycles. The molecule has 1 aromatic carbocycles. The standard InChI is InChI=1S/C18H24N2O2/c1-2-12-5-3-6-14-13(11-20-17(12)14)9-10-19-18(22)15-7-4-8-16(15)21/h3,5-6,11,15-16,20-21H,2,4,7-10H2,1H3,(H,19,22). The third kappa shape index (κ3) is 2.88. The number of aromatic amines is 1. The monoisotopic (exact) mass is 300 g/mol. The molecular weight excluding hydrogens is 276 g/mol. The predicted octanol–water partition coefficient (Wildman–Crippen LogP) is 2.55. The molecule has 4 heteroatoms. The molecule has 22 heavy (non-hydrogen) atoms. The fourth-order valence-corrected chi connectivity index (χ4v) is 3.47. The first-order chi connectivity index (χ1) is 10.7. The molecule has 118 valence electrons. The number of amides is 1. The number of fused-ring (bicyclic) bond motifs is 1. The number of hydrogen-bond donors (Lipinski definition) is 3. The third-order valence-electron chi connectivity index (χ3n) is 4.78. The zero-order valence-electron chi connectivity index (χ0n) is 13.1. The summed E-state index contributed by atoms with van der Waals surface area (Å²) in [6, 6.07) is 6.36. The lowest BCUT2D eigenvalue weighted by molar-refractivity contribution is -0.127. The van der Waals surface area contributed by atoms with Crippen LogP contribution in [0.3, 0.4) is 0 Å². The number of nitrogens with one attached hydrogen (secondary N) is 2. The summed E-state index contributed by atoms with van der Waals surface area (Å²) in [7, 11) is 0. The lowest BCUT2D eigenvalue weighted by atomic mass is 10.0. The smallest absolute Gasteiger partial charge is 0.225 e. The molecule has 0 bridgehead atoms. The molecule has 1 heterocycles. The van der Waals surface area contributed by atoms with Crippen molar-refractivity contribution < 1.29 is 9.90 Å². The van der Waals surface area contributed by atoms with Crippen molar-refractivity contribution in [1.82, 2.24) is 10.3 Å². The molecule has 3 rings (SSSR count). The minimum Gasteiger partial charge on any atom is -0.392 e. The molecule has 0 aliphatic heterocycles. The van der Waals surface area contributed by atoms with Gasteiger partial charge in [-0.05, 0) is 43.2 Å². The topological polar surface area (TPSA) is 65.1 Å². The largest absolute Gasteiger partial charge is 0.392 e. The number of benzene rings is 1. The zero-order valence-corrected chi connectivity index (χ0v) is 13.1. The molecule has 0 spiro atoms. The van der Waals surface area contributed by atoms with E-state index in [4.69, 9.17) is 0 Å². The average molecular weight is 300 g/mol. The van der Waals surface area contributed by atoms with Gasteiger partial charge < -0.3 is 15.4 Å². The van der Waals surface area contributed by atoms with Gasteiger partial charge in [0.25, 0.3) is 0 Å². The van der Waals surface area contributed by atoms with Crippen LogP contribution in [0.1, 0.15) is 37.3 Å². The molecule has 1 aromatic heterocycles. The molecule has 2 unspecified atom stereocenters. The second-order valence-electron chi connectivity index (χ2n) is 6.15. The van der Waals surface area contributed by atoms with Crippen molar-refractivity contribution in [2.75, 3.05) is 6.54 Å². The summed E-state index contributed by atoms with van der Waals surface area (Å²) in [4.78, 5) is 15.4. The highest BCUT2D eigenvalue weighted by Gasteiger charge is 2.31. The molecule has 0 radical (unpaired) electrons. The number of aliphatic hydroxyl groups excluding tert-OH is 1. The normalized spacial score (nSPS) is 21.4. The van der Waals surface area contributed by atoms with Gasteiger partial charge in [0, 0.05) is 23.6 Å². The second kappa shape index (κ2) is 6.53. The predicted molar refractivity (Wildman–Crippen MR) is 87.7 cm³/mol. The Bertz CT molecular complexity index is 662. The van der Waals surface area contributed by atoms with Gasteiger partial charge in [-0.2, -0.15) is 0 Å². The van der Waals surface area contributed by atoms with Gasteiger partial charge in [-0.1, -0.05) is 25.1 Å². The van der Waals surface area contributed by atoms with Crippen LogP contribution in [0.4, 0.5) is 0 Å². The van der Waals surface area contributed by atoms with E-state index >= 15 is 0 Å². The minimum atomic E-state index is -0.458. The summed E-state index contributed by atoms with van der Waals surface area (Å²) in [6.45, 7) is 2.77. The molecular formula is C18H24N2O2. The van der Waals surface area contributed by atoms with E-state index in [2.05, 4.69) is 35.4 Å². The molecule has 1 aliphatic rings. The molecule has 1 amide bonds. The van der Waals surface area contributed by atoms with Gasteiger partial charge in [-0.25, -0.2) is 0 Å². The zero-order chi connectivity index (χ0) is 15.5. The highest BCUT2D eigenvalue weighted by Crippen LogP contribution is 2.26. The maximum absolute atomic E-state index is 12.1. The Morgan fingerprint density at radius 3 is 2.95 bits per heavy atom. The first-order valence-electron chi connectivity index (χ1n) is 8.24. The Hall–Kier alpha value is -1.81. The first-order valence-corrected chi connectivity index (χ1v) is 8.24. The summed E-state index contributed by atoms with van der Waals surface area (Å²) < 4.78 is 0. The second-order valence-corrected chi connectivity index (χ2v) is 6.15. The number of aryl methyl sites for hydroxylation is 1. The van der Waals surface area contributed by atoms with Gasteiger partial charge in [-0.3, -0.25) is 4.79 Å². The van der Waals surface area contributed by atoms with E-state index in [0.717, 1.165) is 32.1 Å². The highest BCUT2D eigenvalue weighted by atomic mass is 16.3. The van der Waals surface area contributed by atoms with E-state index in [1.165, 1.54) is 22.0 Å². The molecule has 1 saturated carbocycles. The molecule has 3 N–H and O–H groups in total. The maximum Gasteiger partial charge on any atom is 0.225 e. The number of carbonyl (C=O) groups is 1. The lowest BCUT2D eigenvalue weighted by Gasteiger charge is -2.14. The Balaban J connectivity index is 1.61. The van der Waals surface area contributed by atoms with Crippen molar-refractivity contribution in [1.29, 1.82) is 0 Å². The fourth-order valence-electron chi connectivity index (χ4n) is 3.47. The first kappa shape index (κ1) is 15.1. The van der Waals surface area contributed by atoms with Gasteiger partial charge in [0.05, 0.1) is 12.0 Å². The minimum absolute atomic E-state index is 0.000844. The van der Waals surface area contributed by atoms with Crippen LogP contribution in [-0.4, -0.2) is 28.6 Å². The lowest BCUT2D eigenvalue weighted by Crippen LogP contribution is -2.35. The van der Waals surface area contributed by atoms with E-state index in [9.17, 15) is 9.90 Å². The van der Waals surface area contributed by atoms with Gasteiger partial charge in [0.1, 0.15) is 0 Å². The summed E-state index contributed by atoms with van der Waals surface area (Å²) in [5.41, 5.74) is 3.76. The summed E-state index contributed by atoms with van der Waals surface area (Å²) in [5.74, 6) is -0.214. The Morgan fingerprint density at radius 1 is 1.36 bits per heavy atom.